The Morgan fingerprint density at radius 2 is 2.35 bits per heavy atom. The molecule has 1 aromatic heterocycles. The smallest absolute Gasteiger partial charge is 0.321 e. The summed E-state index contributed by atoms with van der Waals surface area (Å²) in [7, 11) is -3.34. The molecule has 1 unspecified atom stereocenters. The highest BCUT2D eigenvalue weighted by Gasteiger charge is 2.41. The normalized spacial score (nSPS) is 25.4. The van der Waals surface area contributed by atoms with Crippen LogP contribution in [0.2, 0.25) is 0 Å². The van der Waals surface area contributed by atoms with Crippen LogP contribution in [0.15, 0.2) is 5.38 Å². The van der Waals surface area contributed by atoms with Gasteiger partial charge in [0.2, 0.25) is 0 Å². The average molecular weight is 317 g/mol. The predicted octanol–water partition coefficient (Wildman–Crippen LogP) is -0.182. The first-order valence-corrected chi connectivity index (χ1v) is 8.52. The molecule has 0 radical (unpaired) electrons. The molecular formula is C10H15N5O3S2. The number of aryl methyl sites for hydroxylation is 1. The third-order valence-electron chi connectivity index (χ3n) is 3.36. The zero-order chi connectivity index (χ0) is 14.3. The maximum Gasteiger partial charge on any atom is 0.323 e. The number of anilines is 1. The molecule has 2 saturated heterocycles. The topological polar surface area (TPSA) is 94.6 Å². The van der Waals surface area contributed by atoms with E-state index in [2.05, 4.69) is 15.0 Å². The predicted molar refractivity (Wildman–Crippen MR) is 74.9 cm³/mol. The lowest BCUT2D eigenvalue weighted by molar-refractivity contribution is 0.161. The number of rotatable bonds is 1. The van der Waals surface area contributed by atoms with Crippen LogP contribution in [0.1, 0.15) is 5.69 Å². The fourth-order valence-corrected chi connectivity index (χ4v) is 4.47. The third-order valence-corrected chi connectivity index (χ3v) is 5.86. The SMILES string of the molecule is Cc1csc(NC(=O)N2CCN3C(CNS3(=O)=O)C2)n1. The van der Waals surface area contributed by atoms with Gasteiger partial charge in [-0.3, -0.25) is 5.32 Å². The molecule has 0 aromatic carbocycles. The van der Waals surface area contributed by atoms with Gasteiger partial charge in [-0.05, 0) is 6.92 Å². The lowest BCUT2D eigenvalue weighted by Crippen LogP contribution is -2.54. The van der Waals surface area contributed by atoms with E-state index in [1.807, 2.05) is 12.3 Å². The van der Waals surface area contributed by atoms with Crippen LogP contribution < -0.4 is 10.0 Å². The summed E-state index contributed by atoms with van der Waals surface area (Å²) in [5, 5.41) is 5.16. The van der Waals surface area contributed by atoms with E-state index < -0.39 is 10.2 Å². The Labute approximate surface area is 121 Å². The Morgan fingerprint density at radius 3 is 3.05 bits per heavy atom. The minimum Gasteiger partial charge on any atom is -0.321 e. The first-order chi connectivity index (χ1) is 9.45. The molecule has 0 saturated carbocycles. The van der Waals surface area contributed by atoms with Crippen molar-refractivity contribution in [2.75, 3.05) is 31.5 Å². The van der Waals surface area contributed by atoms with E-state index in [0.717, 1.165) is 5.69 Å². The van der Waals surface area contributed by atoms with Crippen LogP contribution in [0.5, 0.6) is 0 Å². The first kappa shape index (κ1) is 13.7. The molecule has 1 aromatic rings. The van der Waals surface area contributed by atoms with Crippen LogP contribution in [0, 0.1) is 6.92 Å². The van der Waals surface area contributed by atoms with Crippen LogP contribution in [-0.4, -0.2) is 60.9 Å². The average Bonchev–Trinajstić information content (AvgIpc) is 2.93. The molecule has 8 nitrogen and oxygen atoms in total. The van der Waals surface area contributed by atoms with Gasteiger partial charge < -0.3 is 4.90 Å². The van der Waals surface area contributed by atoms with E-state index in [4.69, 9.17) is 0 Å². The third kappa shape index (κ3) is 2.51. The van der Waals surface area contributed by atoms with Gasteiger partial charge in [-0.25, -0.2) is 14.5 Å². The number of hydrogen-bond acceptors (Lipinski definition) is 5. The van der Waals surface area contributed by atoms with Gasteiger partial charge in [0.1, 0.15) is 0 Å². The standard InChI is InChI=1S/C10H15N5O3S2/c1-7-6-19-9(12-7)13-10(16)14-2-3-15-8(5-14)4-11-20(15,17)18/h6,8,11H,2-5H2,1H3,(H,12,13,16). The summed E-state index contributed by atoms with van der Waals surface area (Å²) >= 11 is 1.37. The number of urea groups is 1. The van der Waals surface area contributed by atoms with Crippen molar-refractivity contribution in [3.05, 3.63) is 11.1 Å². The van der Waals surface area contributed by atoms with Gasteiger partial charge in [-0.2, -0.15) is 12.7 Å². The summed E-state index contributed by atoms with van der Waals surface area (Å²) in [6, 6.07) is -0.416. The molecular weight excluding hydrogens is 302 g/mol. The van der Waals surface area contributed by atoms with E-state index in [0.29, 0.717) is 31.3 Å². The van der Waals surface area contributed by atoms with E-state index in [1.165, 1.54) is 15.6 Å². The van der Waals surface area contributed by atoms with Gasteiger partial charge in [0.15, 0.2) is 5.13 Å². The Bertz CT molecular complexity index is 629. The number of carbonyl (C=O) groups excluding carboxylic acids is 1. The molecule has 0 bridgehead atoms. The van der Waals surface area contributed by atoms with Crippen molar-refractivity contribution in [1.82, 2.24) is 18.9 Å². The maximum atomic E-state index is 12.1. The molecule has 110 valence electrons. The summed E-state index contributed by atoms with van der Waals surface area (Å²) in [4.78, 5) is 17.9. The molecule has 2 aliphatic heterocycles. The van der Waals surface area contributed by atoms with Gasteiger partial charge >= 0.3 is 6.03 Å². The van der Waals surface area contributed by atoms with Gasteiger partial charge in [-0.15, -0.1) is 11.3 Å². The summed E-state index contributed by atoms with van der Waals surface area (Å²) in [6.45, 7) is 3.31. The molecule has 20 heavy (non-hydrogen) atoms. The van der Waals surface area contributed by atoms with Crippen LogP contribution in [0.25, 0.3) is 0 Å². The number of fused-ring (bicyclic) bond motifs is 1. The minimum atomic E-state index is -3.34. The zero-order valence-corrected chi connectivity index (χ0v) is 12.5. The van der Waals surface area contributed by atoms with E-state index in [-0.39, 0.29) is 12.1 Å². The molecule has 2 N–H and O–H groups in total. The number of nitrogens with one attached hydrogen (secondary N) is 2. The van der Waals surface area contributed by atoms with Gasteiger partial charge in [0.25, 0.3) is 10.2 Å². The van der Waals surface area contributed by atoms with Gasteiger partial charge in [-0.1, -0.05) is 0 Å². The van der Waals surface area contributed by atoms with Crippen molar-refractivity contribution in [2.45, 2.75) is 13.0 Å². The Balaban J connectivity index is 1.64. The maximum absolute atomic E-state index is 12.1. The quantitative estimate of drug-likeness (QED) is 0.751. The van der Waals surface area contributed by atoms with Gasteiger partial charge in [0, 0.05) is 31.6 Å². The van der Waals surface area contributed by atoms with Crippen molar-refractivity contribution >= 4 is 32.7 Å². The second kappa shape index (κ2) is 4.95. The van der Waals surface area contributed by atoms with Crippen molar-refractivity contribution < 1.29 is 13.2 Å². The van der Waals surface area contributed by atoms with E-state index >= 15 is 0 Å². The molecule has 2 fully saturated rings. The molecule has 2 aliphatic rings. The lowest BCUT2D eigenvalue weighted by atomic mass is 10.2. The molecule has 0 aliphatic carbocycles. The zero-order valence-electron chi connectivity index (χ0n) is 10.9. The summed E-state index contributed by atoms with van der Waals surface area (Å²) < 4.78 is 27.2. The number of aromatic nitrogens is 1. The number of carbonyl (C=O) groups is 1. The summed E-state index contributed by atoms with van der Waals surface area (Å²) in [5.74, 6) is 0. The Kier molecular flexibility index (Phi) is 3.40. The first-order valence-electron chi connectivity index (χ1n) is 6.20. The fourth-order valence-electron chi connectivity index (χ4n) is 2.37. The fraction of sp³-hybridized carbons (Fsp3) is 0.600. The van der Waals surface area contributed by atoms with Crippen molar-refractivity contribution in [2.24, 2.45) is 0 Å². The highest BCUT2D eigenvalue weighted by atomic mass is 32.2. The molecule has 10 heteroatoms. The Hall–Kier alpha value is -1.23. The van der Waals surface area contributed by atoms with Crippen molar-refractivity contribution in [3.8, 4) is 0 Å². The van der Waals surface area contributed by atoms with Crippen LogP contribution in [-0.2, 0) is 10.2 Å². The molecule has 1 atom stereocenters. The van der Waals surface area contributed by atoms with Crippen LogP contribution in [0.3, 0.4) is 0 Å². The van der Waals surface area contributed by atoms with Gasteiger partial charge in [0.05, 0.1) is 11.7 Å². The van der Waals surface area contributed by atoms with Crippen molar-refractivity contribution in [1.29, 1.82) is 0 Å². The second-order valence-electron chi connectivity index (χ2n) is 4.79. The second-order valence-corrected chi connectivity index (χ2v) is 7.35. The highest BCUT2D eigenvalue weighted by Crippen LogP contribution is 2.20. The van der Waals surface area contributed by atoms with Crippen molar-refractivity contribution in [3.63, 3.8) is 0 Å². The van der Waals surface area contributed by atoms with E-state index in [9.17, 15) is 13.2 Å². The molecule has 2 amide bonds. The monoisotopic (exact) mass is 317 g/mol. The number of hydrogen-bond donors (Lipinski definition) is 2. The number of nitrogens with zero attached hydrogens (tertiary/aromatic N) is 3. The number of piperazine rings is 1. The lowest BCUT2D eigenvalue weighted by Gasteiger charge is -2.35. The van der Waals surface area contributed by atoms with E-state index in [1.54, 1.807) is 4.90 Å². The highest BCUT2D eigenvalue weighted by molar-refractivity contribution is 7.87. The molecule has 3 rings (SSSR count). The summed E-state index contributed by atoms with van der Waals surface area (Å²) in [6.07, 6.45) is 0. The Morgan fingerprint density at radius 1 is 1.55 bits per heavy atom. The number of amides is 2. The summed E-state index contributed by atoms with van der Waals surface area (Å²) in [5.41, 5.74) is 0.862. The molecule has 0 spiro atoms. The minimum absolute atomic E-state index is 0.183. The van der Waals surface area contributed by atoms with Crippen LogP contribution in [0.4, 0.5) is 9.93 Å². The van der Waals surface area contributed by atoms with Crippen LogP contribution >= 0.6 is 11.3 Å². The molecule has 3 heterocycles. The number of thiazole rings is 1. The largest absolute Gasteiger partial charge is 0.323 e.